The molecule has 9 nitrogen and oxygen atoms in total. The molecule has 4 N–H and O–H groups in total. The Hall–Kier alpha value is -4.66. The molecule has 0 bridgehead atoms. The van der Waals surface area contributed by atoms with E-state index in [1.165, 1.54) is 6.92 Å². The van der Waals surface area contributed by atoms with Crippen molar-refractivity contribution < 1.29 is 19.1 Å². The lowest BCUT2D eigenvalue weighted by Gasteiger charge is -2.14. The summed E-state index contributed by atoms with van der Waals surface area (Å²) in [6.07, 6.45) is 0. The van der Waals surface area contributed by atoms with Gasteiger partial charge in [0.05, 0.1) is 19.7 Å². The van der Waals surface area contributed by atoms with Gasteiger partial charge < -0.3 is 25.8 Å². The van der Waals surface area contributed by atoms with Gasteiger partial charge >= 0.3 is 0 Å². The van der Waals surface area contributed by atoms with Gasteiger partial charge in [0.25, 0.3) is 0 Å². The summed E-state index contributed by atoms with van der Waals surface area (Å²) in [5.74, 6) is 1.43. The molecule has 0 unspecified atom stereocenters. The minimum absolute atomic E-state index is 0.143. The summed E-state index contributed by atoms with van der Waals surface area (Å²) in [7, 11) is 3.12. The molecule has 4 rings (SSSR count). The van der Waals surface area contributed by atoms with Crippen LogP contribution in [0, 0.1) is 0 Å². The van der Waals surface area contributed by atoms with Crippen molar-refractivity contribution in [2.24, 2.45) is 5.73 Å². The van der Waals surface area contributed by atoms with Crippen molar-refractivity contribution in [3.63, 3.8) is 0 Å². The van der Waals surface area contributed by atoms with Crippen LogP contribution < -0.4 is 25.8 Å². The lowest BCUT2D eigenvalue weighted by molar-refractivity contribution is -0.114. The smallest absolute Gasteiger partial charge is 0.248 e. The predicted molar refractivity (Wildman–Crippen MR) is 131 cm³/mol. The summed E-state index contributed by atoms with van der Waals surface area (Å²) in [5, 5.41) is 6.79. The van der Waals surface area contributed by atoms with Gasteiger partial charge in [-0.3, -0.25) is 9.59 Å². The van der Waals surface area contributed by atoms with Crippen LogP contribution in [0.2, 0.25) is 0 Å². The fraction of sp³-hybridized carbons (Fsp3) is 0.120. The first-order valence-electron chi connectivity index (χ1n) is 10.4. The molecular weight excluding hydrogens is 434 g/mol. The van der Waals surface area contributed by atoms with Gasteiger partial charge in [-0.15, -0.1) is 0 Å². The molecule has 0 aliphatic heterocycles. The zero-order valence-electron chi connectivity index (χ0n) is 18.9. The third-order valence-corrected chi connectivity index (χ3v) is 5.10. The Morgan fingerprint density at radius 3 is 2.06 bits per heavy atom. The molecule has 0 saturated heterocycles. The average molecular weight is 457 g/mol. The molecule has 0 saturated carbocycles. The molecule has 1 aromatic heterocycles. The lowest BCUT2D eigenvalue weighted by Crippen LogP contribution is -2.10. The highest BCUT2D eigenvalue weighted by atomic mass is 16.5. The average Bonchev–Trinajstić information content (AvgIpc) is 2.84. The number of rotatable bonds is 7. The van der Waals surface area contributed by atoms with E-state index in [0.717, 1.165) is 11.1 Å². The van der Waals surface area contributed by atoms with Crippen molar-refractivity contribution in [3.05, 3.63) is 66.2 Å². The first-order valence-corrected chi connectivity index (χ1v) is 10.4. The molecule has 9 heteroatoms. The number of primary amides is 1. The van der Waals surface area contributed by atoms with Gasteiger partial charge in [0, 0.05) is 40.9 Å². The number of methoxy groups -OCH3 is 2. The number of carbonyl (C=O) groups excluding carboxylic acids is 2. The maximum Gasteiger partial charge on any atom is 0.248 e. The van der Waals surface area contributed by atoms with Gasteiger partial charge in [-0.1, -0.05) is 12.1 Å². The first kappa shape index (κ1) is 22.5. The molecule has 0 atom stereocenters. The lowest BCUT2D eigenvalue weighted by atomic mass is 10.1. The fourth-order valence-electron chi connectivity index (χ4n) is 3.44. The zero-order valence-corrected chi connectivity index (χ0v) is 18.9. The van der Waals surface area contributed by atoms with Crippen LogP contribution in [0.5, 0.6) is 11.5 Å². The summed E-state index contributed by atoms with van der Waals surface area (Å²) in [4.78, 5) is 32.2. The molecule has 3 aromatic carbocycles. The number of anilines is 3. The minimum Gasteiger partial charge on any atom is -0.493 e. The van der Waals surface area contributed by atoms with E-state index in [9.17, 15) is 9.59 Å². The minimum atomic E-state index is -0.507. The molecule has 0 radical (unpaired) electrons. The van der Waals surface area contributed by atoms with E-state index < -0.39 is 5.91 Å². The van der Waals surface area contributed by atoms with Crippen LogP contribution in [0.1, 0.15) is 17.3 Å². The second-order valence-electron chi connectivity index (χ2n) is 7.45. The molecule has 172 valence electrons. The van der Waals surface area contributed by atoms with Crippen molar-refractivity contribution >= 4 is 39.9 Å². The van der Waals surface area contributed by atoms with Crippen molar-refractivity contribution in [2.75, 3.05) is 24.9 Å². The SMILES string of the molecule is COc1cc2nc(-c3ccc(C(N)=O)cc3)nc(Nc3ccc(NC(C)=O)cc3)c2cc1OC. The van der Waals surface area contributed by atoms with Gasteiger partial charge in [-0.05, 0) is 42.5 Å². The van der Waals surface area contributed by atoms with E-state index in [-0.39, 0.29) is 5.91 Å². The topological polar surface area (TPSA) is 128 Å². The number of carbonyl (C=O) groups is 2. The van der Waals surface area contributed by atoms with Gasteiger partial charge in [-0.2, -0.15) is 0 Å². The summed E-state index contributed by atoms with van der Waals surface area (Å²) in [6, 6.07) is 17.6. The number of benzene rings is 3. The van der Waals surface area contributed by atoms with Crippen LogP contribution in [-0.4, -0.2) is 36.0 Å². The number of amides is 2. The number of nitrogens with one attached hydrogen (secondary N) is 2. The summed E-state index contributed by atoms with van der Waals surface area (Å²) < 4.78 is 10.9. The number of nitrogens with zero attached hydrogens (tertiary/aromatic N) is 2. The fourth-order valence-corrected chi connectivity index (χ4v) is 3.44. The van der Waals surface area contributed by atoms with Crippen molar-refractivity contribution in [2.45, 2.75) is 6.92 Å². The third-order valence-electron chi connectivity index (χ3n) is 5.10. The van der Waals surface area contributed by atoms with E-state index in [1.807, 2.05) is 18.2 Å². The highest BCUT2D eigenvalue weighted by molar-refractivity contribution is 5.95. The second-order valence-corrected chi connectivity index (χ2v) is 7.45. The molecule has 4 aromatic rings. The standard InChI is InChI=1S/C25H23N5O4/c1-14(31)27-17-8-10-18(11-9-17)28-25-19-12-21(33-2)22(34-3)13-20(19)29-24(30-25)16-6-4-15(5-7-16)23(26)32/h4-13H,1-3H3,(H2,26,32)(H,27,31)(H,28,29,30). The zero-order chi connectivity index (χ0) is 24.2. The van der Waals surface area contributed by atoms with E-state index in [0.29, 0.717) is 45.5 Å². The van der Waals surface area contributed by atoms with Gasteiger partial charge in [0.2, 0.25) is 11.8 Å². The van der Waals surface area contributed by atoms with E-state index in [4.69, 9.17) is 25.2 Å². The first-order chi connectivity index (χ1) is 16.4. The maximum atomic E-state index is 11.4. The Kier molecular flexibility index (Phi) is 6.26. The van der Waals surface area contributed by atoms with Gasteiger partial charge in [0.1, 0.15) is 5.82 Å². The monoisotopic (exact) mass is 457 g/mol. The Balaban J connectivity index is 1.81. The predicted octanol–water partition coefficient (Wildman–Crippen LogP) is 4.11. The van der Waals surface area contributed by atoms with Crippen LogP contribution in [0.4, 0.5) is 17.2 Å². The number of aromatic nitrogens is 2. The number of hydrogen-bond acceptors (Lipinski definition) is 7. The molecule has 34 heavy (non-hydrogen) atoms. The largest absolute Gasteiger partial charge is 0.493 e. The Labute approximate surface area is 195 Å². The van der Waals surface area contributed by atoms with Gasteiger partial charge in [0.15, 0.2) is 17.3 Å². The van der Waals surface area contributed by atoms with E-state index >= 15 is 0 Å². The van der Waals surface area contributed by atoms with Crippen LogP contribution >= 0.6 is 0 Å². The number of fused-ring (bicyclic) bond motifs is 1. The highest BCUT2D eigenvalue weighted by Gasteiger charge is 2.15. The summed E-state index contributed by atoms with van der Waals surface area (Å²) in [6.45, 7) is 1.46. The maximum absolute atomic E-state index is 11.4. The summed E-state index contributed by atoms with van der Waals surface area (Å²) in [5.41, 5.74) is 8.55. The molecular formula is C25H23N5O4. The van der Waals surface area contributed by atoms with Crippen molar-refractivity contribution in [3.8, 4) is 22.9 Å². The Morgan fingerprint density at radius 2 is 1.47 bits per heavy atom. The quantitative estimate of drug-likeness (QED) is 0.381. The number of hydrogen-bond donors (Lipinski definition) is 3. The molecule has 0 fully saturated rings. The number of nitrogens with two attached hydrogens (primary N) is 1. The van der Waals surface area contributed by atoms with E-state index in [1.54, 1.807) is 56.7 Å². The third kappa shape index (κ3) is 4.73. The molecule has 0 aliphatic carbocycles. The van der Waals surface area contributed by atoms with Crippen molar-refractivity contribution in [1.82, 2.24) is 9.97 Å². The normalized spacial score (nSPS) is 10.6. The second kappa shape index (κ2) is 9.45. The molecule has 0 spiro atoms. The van der Waals surface area contributed by atoms with Crippen LogP contribution in [0.3, 0.4) is 0 Å². The van der Waals surface area contributed by atoms with E-state index in [2.05, 4.69) is 10.6 Å². The van der Waals surface area contributed by atoms with Crippen molar-refractivity contribution in [1.29, 1.82) is 0 Å². The van der Waals surface area contributed by atoms with Crippen LogP contribution in [-0.2, 0) is 4.79 Å². The Morgan fingerprint density at radius 1 is 0.853 bits per heavy atom. The molecule has 0 aliphatic rings. The Bertz CT molecular complexity index is 1370. The number of ether oxygens (including phenoxy) is 2. The van der Waals surface area contributed by atoms with Crippen LogP contribution in [0.15, 0.2) is 60.7 Å². The molecule has 2 amide bonds. The van der Waals surface area contributed by atoms with Crippen LogP contribution in [0.25, 0.3) is 22.3 Å². The summed E-state index contributed by atoms with van der Waals surface area (Å²) >= 11 is 0. The molecule has 1 heterocycles. The highest BCUT2D eigenvalue weighted by Crippen LogP contribution is 2.36. The van der Waals surface area contributed by atoms with Gasteiger partial charge in [-0.25, -0.2) is 9.97 Å².